The van der Waals surface area contributed by atoms with E-state index in [0.717, 1.165) is 51.4 Å². The molecule has 204 valence electrons. The van der Waals surface area contributed by atoms with Gasteiger partial charge in [-0.15, -0.1) is 0 Å². The monoisotopic (exact) mass is 505 g/mol. The number of ether oxygens (including phenoxy) is 3. The molecule has 0 spiro atoms. The van der Waals surface area contributed by atoms with E-state index in [4.69, 9.17) is 19.9 Å². The predicted octanol–water partition coefficient (Wildman–Crippen LogP) is 4.65. The third-order valence-corrected chi connectivity index (χ3v) is 11.2. The minimum Gasteiger partial charge on any atom is -0.469 e. The number of carbonyl (C=O) groups is 3. The minimum atomic E-state index is -0.231. The largest absolute Gasteiger partial charge is 0.469 e. The second-order valence-electron chi connectivity index (χ2n) is 12.9. The Hall–Kier alpha value is -1.63. The lowest BCUT2D eigenvalue weighted by molar-refractivity contribution is -0.220. The molecule has 0 amide bonds. The number of rotatable bonds is 6. The van der Waals surface area contributed by atoms with Gasteiger partial charge in [-0.1, -0.05) is 20.8 Å². The summed E-state index contributed by atoms with van der Waals surface area (Å²) in [7, 11) is 1.43. The van der Waals surface area contributed by atoms with Gasteiger partial charge in [0.05, 0.1) is 7.11 Å². The van der Waals surface area contributed by atoms with Crippen LogP contribution in [0.5, 0.6) is 0 Å². The molecular weight excluding hydrogens is 458 g/mol. The normalized spacial score (nSPS) is 44.4. The molecule has 4 rings (SSSR count). The van der Waals surface area contributed by atoms with Crippen molar-refractivity contribution >= 4 is 17.9 Å². The van der Waals surface area contributed by atoms with Crippen molar-refractivity contribution in [2.75, 3.05) is 7.11 Å². The van der Waals surface area contributed by atoms with Gasteiger partial charge in [0.2, 0.25) is 0 Å². The molecular formula is C29H47NO6. The number of fused-ring (bicyclic) bond motifs is 5. The summed E-state index contributed by atoms with van der Waals surface area (Å²) in [6.07, 6.45) is 7.63. The van der Waals surface area contributed by atoms with Crippen molar-refractivity contribution in [3.05, 3.63) is 0 Å². The van der Waals surface area contributed by atoms with Crippen LogP contribution in [0.1, 0.15) is 92.4 Å². The Balaban J connectivity index is 1.71. The molecule has 0 radical (unpaired) electrons. The Bertz CT molecular complexity index is 861. The average Bonchev–Trinajstić information content (AvgIpc) is 3.16. The van der Waals surface area contributed by atoms with Crippen LogP contribution in [0, 0.1) is 46.3 Å². The molecule has 0 aromatic carbocycles. The van der Waals surface area contributed by atoms with Gasteiger partial charge >= 0.3 is 17.9 Å². The summed E-state index contributed by atoms with van der Waals surface area (Å²) in [6.45, 7) is 9.99. The maximum absolute atomic E-state index is 12.4. The molecule has 4 saturated carbocycles. The van der Waals surface area contributed by atoms with Crippen LogP contribution in [0.3, 0.4) is 0 Å². The number of hydrogen-bond acceptors (Lipinski definition) is 7. The van der Waals surface area contributed by atoms with E-state index in [1.165, 1.54) is 21.0 Å². The van der Waals surface area contributed by atoms with E-state index < -0.39 is 0 Å². The highest BCUT2D eigenvalue weighted by atomic mass is 16.5. The Morgan fingerprint density at radius 2 is 1.67 bits per heavy atom. The van der Waals surface area contributed by atoms with Gasteiger partial charge in [-0.3, -0.25) is 14.4 Å². The molecule has 0 aromatic rings. The summed E-state index contributed by atoms with van der Waals surface area (Å²) in [6, 6.07) is 0.197. The van der Waals surface area contributed by atoms with E-state index in [-0.39, 0.29) is 52.9 Å². The minimum absolute atomic E-state index is 0.103. The molecule has 4 aliphatic rings. The SMILES string of the molecule is COC(=O)CC[C@@H](C)[C@H]1CCC2C3C(C[C@H](OC(C)=O)[C@@]21C)[C@@]1(C)CC[C@@H](N)C[C@H]1C[C@H]3OC(C)=O. The highest BCUT2D eigenvalue weighted by Gasteiger charge is 2.67. The van der Waals surface area contributed by atoms with Gasteiger partial charge in [0.15, 0.2) is 0 Å². The Morgan fingerprint density at radius 1 is 0.972 bits per heavy atom. The molecule has 36 heavy (non-hydrogen) atoms. The standard InChI is InChI=1S/C29H47NO6/c1-16(7-10-26(33)34-6)21-8-9-22-27-23(15-25(29(21,22)5)36-18(3)32)28(4)12-11-20(30)13-19(28)14-24(27)35-17(2)31/h16,19-25,27H,7-15,30H2,1-6H3/t16-,19+,20-,21-,22?,23?,24-,25+,27?,28+,29-/m1/s1. The zero-order valence-corrected chi connectivity index (χ0v) is 23.1. The summed E-state index contributed by atoms with van der Waals surface area (Å²) in [4.78, 5) is 36.5. The van der Waals surface area contributed by atoms with Crippen LogP contribution in [0.25, 0.3) is 0 Å². The van der Waals surface area contributed by atoms with Crippen LogP contribution in [0.4, 0.5) is 0 Å². The van der Waals surface area contributed by atoms with Gasteiger partial charge in [-0.2, -0.15) is 0 Å². The highest BCUT2D eigenvalue weighted by Crippen LogP contribution is 2.69. The van der Waals surface area contributed by atoms with Gasteiger partial charge in [-0.25, -0.2) is 0 Å². The second kappa shape index (κ2) is 10.3. The fraction of sp³-hybridized carbons (Fsp3) is 0.897. The van der Waals surface area contributed by atoms with Gasteiger partial charge < -0.3 is 19.9 Å². The predicted molar refractivity (Wildman–Crippen MR) is 135 cm³/mol. The van der Waals surface area contributed by atoms with Crippen molar-refractivity contribution in [1.29, 1.82) is 0 Å². The third-order valence-electron chi connectivity index (χ3n) is 11.2. The molecule has 7 heteroatoms. The first-order valence-corrected chi connectivity index (χ1v) is 14.1. The fourth-order valence-electron chi connectivity index (χ4n) is 9.50. The zero-order valence-electron chi connectivity index (χ0n) is 23.1. The van der Waals surface area contributed by atoms with Crippen molar-refractivity contribution in [2.24, 2.45) is 52.1 Å². The summed E-state index contributed by atoms with van der Waals surface area (Å²) in [5, 5.41) is 0. The van der Waals surface area contributed by atoms with Crippen LogP contribution >= 0.6 is 0 Å². The van der Waals surface area contributed by atoms with Crippen LogP contribution < -0.4 is 5.73 Å². The third kappa shape index (κ3) is 4.69. The summed E-state index contributed by atoms with van der Waals surface area (Å²) < 4.78 is 17.2. The molecule has 3 unspecified atom stereocenters. The van der Waals surface area contributed by atoms with E-state index in [0.29, 0.717) is 36.0 Å². The molecule has 0 heterocycles. The topological polar surface area (TPSA) is 105 Å². The smallest absolute Gasteiger partial charge is 0.305 e. The van der Waals surface area contributed by atoms with Gasteiger partial charge in [-0.05, 0) is 86.4 Å². The number of carbonyl (C=O) groups excluding carboxylic acids is 3. The Kier molecular flexibility index (Phi) is 7.81. The lowest BCUT2D eigenvalue weighted by Gasteiger charge is -2.64. The van der Waals surface area contributed by atoms with Crippen molar-refractivity contribution < 1.29 is 28.6 Å². The fourth-order valence-corrected chi connectivity index (χ4v) is 9.50. The van der Waals surface area contributed by atoms with Crippen LogP contribution in [0.2, 0.25) is 0 Å². The lowest BCUT2D eigenvalue weighted by atomic mass is 9.43. The van der Waals surface area contributed by atoms with E-state index in [1.807, 2.05) is 0 Å². The van der Waals surface area contributed by atoms with Crippen molar-refractivity contribution in [3.63, 3.8) is 0 Å². The zero-order chi connectivity index (χ0) is 26.4. The molecule has 0 bridgehead atoms. The van der Waals surface area contributed by atoms with Gasteiger partial charge in [0, 0.05) is 37.6 Å². The Morgan fingerprint density at radius 3 is 2.31 bits per heavy atom. The number of hydrogen-bond donors (Lipinski definition) is 1. The van der Waals surface area contributed by atoms with Crippen molar-refractivity contribution in [2.45, 2.75) is 111 Å². The molecule has 7 nitrogen and oxygen atoms in total. The maximum atomic E-state index is 12.4. The quantitative estimate of drug-likeness (QED) is 0.414. The van der Waals surface area contributed by atoms with Gasteiger partial charge in [0.25, 0.3) is 0 Å². The van der Waals surface area contributed by atoms with Crippen LogP contribution in [0.15, 0.2) is 0 Å². The highest BCUT2D eigenvalue weighted by molar-refractivity contribution is 5.69. The van der Waals surface area contributed by atoms with Crippen molar-refractivity contribution in [3.8, 4) is 0 Å². The molecule has 4 aliphatic carbocycles. The van der Waals surface area contributed by atoms with Crippen LogP contribution in [-0.2, 0) is 28.6 Å². The maximum Gasteiger partial charge on any atom is 0.305 e. The molecule has 0 saturated heterocycles. The number of esters is 3. The van der Waals surface area contributed by atoms with E-state index in [9.17, 15) is 14.4 Å². The molecule has 4 fully saturated rings. The lowest BCUT2D eigenvalue weighted by Crippen LogP contribution is -2.63. The summed E-state index contributed by atoms with van der Waals surface area (Å²) in [5.41, 5.74) is 6.29. The molecule has 11 atom stereocenters. The Labute approximate surface area is 216 Å². The van der Waals surface area contributed by atoms with E-state index >= 15 is 0 Å². The average molecular weight is 506 g/mol. The summed E-state index contributed by atoms with van der Waals surface area (Å²) >= 11 is 0. The first-order valence-electron chi connectivity index (χ1n) is 14.1. The first-order chi connectivity index (χ1) is 16.9. The number of methoxy groups -OCH3 is 1. The number of nitrogens with two attached hydrogens (primary N) is 1. The van der Waals surface area contributed by atoms with Crippen molar-refractivity contribution in [1.82, 2.24) is 0 Å². The van der Waals surface area contributed by atoms with E-state index in [2.05, 4.69) is 20.8 Å². The van der Waals surface area contributed by atoms with Gasteiger partial charge in [0.1, 0.15) is 12.2 Å². The summed E-state index contributed by atoms with van der Waals surface area (Å²) in [5.74, 6) is 1.26. The van der Waals surface area contributed by atoms with Crippen LogP contribution in [-0.4, -0.2) is 43.3 Å². The second-order valence-corrected chi connectivity index (χ2v) is 12.9. The first kappa shape index (κ1) is 27.4. The molecule has 2 N–H and O–H groups in total. The molecule has 0 aromatic heterocycles. The molecule has 0 aliphatic heterocycles. The van der Waals surface area contributed by atoms with E-state index in [1.54, 1.807) is 0 Å².